The first kappa shape index (κ1) is 16.4. The maximum absolute atomic E-state index is 7.22. The van der Waals surface area contributed by atoms with Crippen LogP contribution in [0.25, 0.3) is 0 Å². The molecule has 0 bridgehead atoms. The second-order valence-corrected chi connectivity index (χ2v) is 4.64. The van der Waals surface area contributed by atoms with Crippen LogP contribution in [0.5, 0.6) is 0 Å². The van der Waals surface area contributed by atoms with Crippen LogP contribution in [0.4, 0.5) is 0 Å². The zero-order valence-corrected chi connectivity index (χ0v) is 13.0. The molecule has 3 heteroatoms. The maximum atomic E-state index is 7.22. The summed E-state index contributed by atoms with van der Waals surface area (Å²) < 4.78 is 0. The third-order valence-corrected chi connectivity index (χ3v) is 2.19. The van der Waals surface area contributed by atoms with Gasteiger partial charge in [-0.2, -0.15) is 0 Å². The summed E-state index contributed by atoms with van der Waals surface area (Å²) in [5.74, 6) is 2.47. The van der Waals surface area contributed by atoms with Gasteiger partial charge in [0.05, 0.1) is 0 Å². The van der Waals surface area contributed by atoms with Gasteiger partial charge in [-0.1, -0.05) is 17.2 Å². The Morgan fingerprint density at radius 3 is 1.65 bits per heavy atom. The summed E-state index contributed by atoms with van der Waals surface area (Å²) in [6.45, 7) is 1.80. The predicted octanol–water partition coefficient (Wildman–Crippen LogP) is 1.75. The molecular weight excluding hydrogens is 393 g/mol. The van der Waals surface area contributed by atoms with E-state index in [1.54, 1.807) is 0 Å². The Bertz CT molecular complexity index is 363. The van der Waals surface area contributed by atoms with Crippen molar-refractivity contribution in [3.05, 3.63) is 41.3 Å². The Morgan fingerprint density at radius 2 is 1.35 bits per heavy atom. The molecule has 2 nitrogen and oxygen atoms in total. The number of rotatable bonds is 4. The molecule has 0 saturated heterocycles. The summed E-state index contributed by atoms with van der Waals surface area (Å²) >= 11 is 0. The molecule has 0 spiro atoms. The number of hydrogen-bond acceptors (Lipinski definition) is 2. The molecule has 0 amide bonds. The Hall–Kier alpha value is -0.560. The van der Waals surface area contributed by atoms with Crippen molar-refractivity contribution in [3.8, 4) is 5.92 Å². The summed E-state index contributed by atoms with van der Waals surface area (Å²) in [5.41, 5.74) is 3.33. The zero-order chi connectivity index (χ0) is 12.1. The van der Waals surface area contributed by atoms with E-state index < -0.39 is 0 Å². The van der Waals surface area contributed by atoms with Crippen molar-refractivity contribution >= 4 is 0 Å². The van der Waals surface area contributed by atoms with Crippen molar-refractivity contribution in [2.45, 2.75) is 13.1 Å². The van der Waals surface area contributed by atoms with Crippen molar-refractivity contribution in [2.75, 3.05) is 28.2 Å². The molecule has 0 aliphatic carbocycles. The molecule has 1 aromatic carbocycles. The van der Waals surface area contributed by atoms with Gasteiger partial charge in [-0.05, 0) is 28.2 Å². The molecular formula is C14H19AuN2. The van der Waals surface area contributed by atoms with E-state index in [0.29, 0.717) is 0 Å². The summed E-state index contributed by atoms with van der Waals surface area (Å²) in [6.07, 6.45) is 7.22. The van der Waals surface area contributed by atoms with Crippen LogP contribution in [-0.2, 0) is 35.5 Å². The number of hydrogen-bond donors (Lipinski definition) is 0. The molecule has 0 aromatic heterocycles. The monoisotopic (exact) mass is 412 g/mol. The van der Waals surface area contributed by atoms with Crippen molar-refractivity contribution in [2.24, 2.45) is 0 Å². The SMILES string of the molecule is [Au+].[C-]#Cc1cc(CN(C)C)cc(CN(C)C)c1. The first-order valence-electron chi connectivity index (χ1n) is 5.36. The second kappa shape index (κ2) is 7.71. The van der Waals surface area contributed by atoms with Gasteiger partial charge in [0.1, 0.15) is 0 Å². The van der Waals surface area contributed by atoms with E-state index in [0.717, 1.165) is 18.7 Å². The van der Waals surface area contributed by atoms with Crippen molar-refractivity contribution in [1.29, 1.82) is 0 Å². The molecule has 0 fully saturated rings. The topological polar surface area (TPSA) is 6.48 Å². The van der Waals surface area contributed by atoms with E-state index in [-0.39, 0.29) is 22.4 Å². The van der Waals surface area contributed by atoms with Crippen LogP contribution in [0.2, 0.25) is 0 Å². The standard InChI is InChI=1S/C14H19N2.Au/c1-6-12-7-13(10-15(2)3)9-14(8-12)11-16(4)5;/h7-9H,10-11H2,2-5H3;/q-1;+1. The van der Waals surface area contributed by atoms with E-state index in [2.05, 4.69) is 21.8 Å². The molecule has 0 atom stereocenters. The van der Waals surface area contributed by atoms with Crippen LogP contribution in [0.15, 0.2) is 18.2 Å². The molecule has 0 unspecified atom stereocenters. The Labute approximate surface area is 121 Å². The molecule has 96 valence electrons. The summed E-state index contributed by atoms with van der Waals surface area (Å²) in [4.78, 5) is 4.25. The summed E-state index contributed by atoms with van der Waals surface area (Å²) in [7, 11) is 8.19. The van der Waals surface area contributed by atoms with Gasteiger partial charge >= 0.3 is 22.4 Å². The second-order valence-electron chi connectivity index (χ2n) is 4.64. The third-order valence-electron chi connectivity index (χ3n) is 2.19. The third kappa shape index (κ3) is 6.07. The minimum Gasteiger partial charge on any atom is -0.366 e. The van der Waals surface area contributed by atoms with Gasteiger partial charge in [-0.15, -0.1) is 17.7 Å². The smallest absolute Gasteiger partial charge is 0.366 e. The van der Waals surface area contributed by atoms with Crippen LogP contribution >= 0.6 is 0 Å². The van der Waals surface area contributed by atoms with Crippen LogP contribution in [0.3, 0.4) is 0 Å². The Morgan fingerprint density at radius 1 is 0.941 bits per heavy atom. The summed E-state index contributed by atoms with van der Waals surface area (Å²) in [5, 5.41) is 0. The van der Waals surface area contributed by atoms with Crippen LogP contribution in [0.1, 0.15) is 16.7 Å². The predicted molar refractivity (Wildman–Crippen MR) is 67.5 cm³/mol. The van der Waals surface area contributed by atoms with E-state index >= 15 is 0 Å². The first-order valence-corrected chi connectivity index (χ1v) is 5.36. The van der Waals surface area contributed by atoms with Gasteiger partial charge in [0.2, 0.25) is 0 Å². The Balaban J connectivity index is 0.00000256. The summed E-state index contributed by atoms with van der Waals surface area (Å²) in [6, 6.07) is 6.24. The first-order chi connectivity index (χ1) is 7.51. The van der Waals surface area contributed by atoms with Crippen molar-refractivity contribution in [3.63, 3.8) is 0 Å². The van der Waals surface area contributed by atoms with Gasteiger partial charge in [0.15, 0.2) is 0 Å². The minimum atomic E-state index is 0. The average molecular weight is 412 g/mol. The maximum Gasteiger partial charge on any atom is 1.00 e. The van der Waals surface area contributed by atoms with Gasteiger partial charge in [-0.25, -0.2) is 0 Å². The van der Waals surface area contributed by atoms with Crippen molar-refractivity contribution < 1.29 is 22.4 Å². The van der Waals surface area contributed by atoms with Gasteiger partial charge in [0.25, 0.3) is 0 Å². The quantitative estimate of drug-likeness (QED) is 0.423. The molecule has 0 aliphatic rings. The Kier molecular flexibility index (Phi) is 7.45. The fourth-order valence-electron chi connectivity index (χ4n) is 1.75. The molecule has 0 saturated carbocycles. The largest absolute Gasteiger partial charge is 1.00 e. The van der Waals surface area contributed by atoms with Crippen molar-refractivity contribution in [1.82, 2.24) is 9.80 Å². The van der Waals surface area contributed by atoms with E-state index in [1.165, 1.54) is 11.1 Å². The molecule has 1 rings (SSSR count). The minimum absolute atomic E-state index is 0. The van der Waals surface area contributed by atoms with Gasteiger partial charge < -0.3 is 16.2 Å². The molecule has 0 radical (unpaired) electrons. The molecule has 17 heavy (non-hydrogen) atoms. The fraction of sp³-hybridized carbons (Fsp3) is 0.429. The molecule has 0 N–H and O–H groups in total. The normalized spacial score (nSPS) is 10.2. The van der Waals surface area contributed by atoms with Crippen LogP contribution in [-0.4, -0.2) is 38.0 Å². The molecule has 0 heterocycles. The van der Waals surface area contributed by atoms with Gasteiger partial charge in [0, 0.05) is 13.1 Å². The van der Waals surface area contributed by atoms with E-state index in [9.17, 15) is 0 Å². The van der Waals surface area contributed by atoms with E-state index in [1.807, 2.05) is 40.3 Å². The molecule has 1 aromatic rings. The average Bonchev–Trinajstić information content (AvgIpc) is 2.14. The fourth-order valence-corrected chi connectivity index (χ4v) is 1.75. The number of benzene rings is 1. The zero-order valence-electron chi connectivity index (χ0n) is 10.8. The van der Waals surface area contributed by atoms with Crippen LogP contribution in [0, 0.1) is 12.3 Å². The van der Waals surface area contributed by atoms with E-state index in [4.69, 9.17) is 6.42 Å². The van der Waals surface area contributed by atoms with Crippen LogP contribution < -0.4 is 0 Å². The van der Waals surface area contributed by atoms with Gasteiger partial charge in [-0.3, -0.25) is 5.92 Å². The number of nitrogens with zero attached hydrogens (tertiary/aromatic N) is 2. The molecule has 0 aliphatic heterocycles.